The Kier molecular flexibility index (Phi) is 6.95. The van der Waals surface area contributed by atoms with Crippen molar-refractivity contribution in [1.82, 2.24) is 5.32 Å². The number of amides is 2. The van der Waals surface area contributed by atoms with Crippen molar-refractivity contribution in [3.8, 4) is 11.5 Å². The second kappa shape index (κ2) is 10.2. The van der Waals surface area contributed by atoms with Crippen LogP contribution in [-0.2, 0) is 16.0 Å². The van der Waals surface area contributed by atoms with E-state index in [0.29, 0.717) is 29.4 Å². The Morgan fingerprint density at radius 1 is 1.06 bits per heavy atom. The van der Waals surface area contributed by atoms with Crippen LogP contribution in [0, 0.1) is 0 Å². The summed E-state index contributed by atoms with van der Waals surface area (Å²) in [5.74, 6) is 0.754. The molecule has 6 nitrogen and oxygen atoms in total. The van der Waals surface area contributed by atoms with Gasteiger partial charge in [-0.15, -0.1) is 0 Å². The quantitative estimate of drug-likeness (QED) is 0.526. The maximum absolute atomic E-state index is 13.2. The largest absolute Gasteiger partial charge is 0.497 e. The molecule has 1 N–H and O–H groups in total. The zero-order valence-corrected chi connectivity index (χ0v) is 18.8. The highest BCUT2D eigenvalue weighted by Crippen LogP contribution is 2.35. The Balaban J connectivity index is 1.47. The van der Waals surface area contributed by atoms with Gasteiger partial charge in [0.15, 0.2) is 11.5 Å². The fourth-order valence-electron chi connectivity index (χ4n) is 3.47. The zero-order valence-electron chi connectivity index (χ0n) is 18.1. The minimum absolute atomic E-state index is 0.111. The third-order valence-electron chi connectivity index (χ3n) is 5.20. The van der Waals surface area contributed by atoms with E-state index in [4.69, 9.17) is 21.1 Å². The SMILES string of the molecule is COc1ccc(C=C2Oc3ccccc3N(CC(=O)NCCc3ccc(Cl)cc3)C2=O)cc1. The average Bonchev–Trinajstić information content (AvgIpc) is 2.83. The van der Waals surface area contributed by atoms with Crippen LogP contribution in [-0.4, -0.2) is 32.0 Å². The summed E-state index contributed by atoms with van der Waals surface area (Å²) in [5, 5.41) is 3.55. The van der Waals surface area contributed by atoms with E-state index >= 15 is 0 Å². The molecule has 0 spiro atoms. The topological polar surface area (TPSA) is 67.9 Å². The van der Waals surface area contributed by atoms with Crippen LogP contribution in [0.2, 0.25) is 5.02 Å². The maximum Gasteiger partial charge on any atom is 0.294 e. The summed E-state index contributed by atoms with van der Waals surface area (Å²) in [6.07, 6.45) is 2.32. The monoisotopic (exact) mass is 462 g/mol. The molecule has 0 radical (unpaired) electrons. The molecule has 1 aliphatic heterocycles. The second-order valence-corrected chi connectivity index (χ2v) is 7.91. The molecule has 0 atom stereocenters. The lowest BCUT2D eigenvalue weighted by atomic mass is 10.1. The number of nitrogens with one attached hydrogen (secondary N) is 1. The van der Waals surface area contributed by atoms with E-state index in [1.165, 1.54) is 4.90 Å². The van der Waals surface area contributed by atoms with Gasteiger partial charge in [-0.05, 0) is 60.0 Å². The van der Waals surface area contributed by atoms with Gasteiger partial charge >= 0.3 is 0 Å². The molecule has 0 saturated carbocycles. The number of carbonyl (C=O) groups is 2. The van der Waals surface area contributed by atoms with Gasteiger partial charge < -0.3 is 14.8 Å². The predicted molar refractivity (Wildman–Crippen MR) is 129 cm³/mol. The van der Waals surface area contributed by atoms with Crippen LogP contribution in [0.4, 0.5) is 5.69 Å². The van der Waals surface area contributed by atoms with Gasteiger partial charge in [-0.25, -0.2) is 0 Å². The highest BCUT2D eigenvalue weighted by molar-refractivity contribution is 6.30. The number of methoxy groups -OCH3 is 1. The van der Waals surface area contributed by atoms with Crippen LogP contribution in [0.5, 0.6) is 11.5 Å². The van der Waals surface area contributed by atoms with Crippen LogP contribution < -0.4 is 19.7 Å². The van der Waals surface area contributed by atoms with E-state index in [0.717, 1.165) is 16.9 Å². The van der Waals surface area contributed by atoms with Crippen molar-refractivity contribution in [2.45, 2.75) is 6.42 Å². The molecule has 0 saturated heterocycles. The van der Waals surface area contributed by atoms with Gasteiger partial charge in [0.25, 0.3) is 5.91 Å². The average molecular weight is 463 g/mol. The van der Waals surface area contributed by atoms with Crippen LogP contribution in [0.25, 0.3) is 6.08 Å². The van der Waals surface area contributed by atoms with Gasteiger partial charge in [-0.2, -0.15) is 0 Å². The van der Waals surface area contributed by atoms with Crippen molar-refractivity contribution in [2.75, 3.05) is 25.1 Å². The fourth-order valence-corrected chi connectivity index (χ4v) is 3.59. The number of hydrogen-bond acceptors (Lipinski definition) is 4. The third-order valence-corrected chi connectivity index (χ3v) is 5.45. The molecule has 4 rings (SSSR count). The summed E-state index contributed by atoms with van der Waals surface area (Å²) in [4.78, 5) is 27.3. The fraction of sp³-hybridized carbons (Fsp3) is 0.154. The number of ether oxygens (including phenoxy) is 2. The second-order valence-electron chi connectivity index (χ2n) is 7.47. The Hall–Kier alpha value is -3.77. The van der Waals surface area contributed by atoms with E-state index < -0.39 is 0 Å². The lowest BCUT2D eigenvalue weighted by Gasteiger charge is -2.30. The van der Waals surface area contributed by atoms with Crippen LogP contribution >= 0.6 is 11.6 Å². The Labute approximate surface area is 197 Å². The van der Waals surface area contributed by atoms with Gasteiger partial charge in [0.1, 0.15) is 12.3 Å². The number of rotatable bonds is 7. The van der Waals surface area contributed by atoms with E-state index in [9.17, 15) is 9.59 Å². The van der Waals surface area contributed by atoms with Gasteiger partial charge in [0.2, 0.25) is 5.91 Å². The number of benzene rings is 3. The van der Waals surface area contributed by atoms with E-state index in [-0.39, 0.29) is 24.1 Å². The molecule has 1 aliphatic rings. The van der Waals surface area contributed by atoms with Crippen molar-refractivity contribution in [2.24, 2.45) is 0 Å². The first kappa shape index (κ1) is 22.4. The van der Waals surface area contributed by atoms with Gasteiger partial charge in [0, 0.05) is 11.6 Å². The van der Waals surface area contributed by atoms with Crippen LogP contribution in [0.15, 0.2) is 78.6 Å². The van der Waals surface area contributed by atoms with Crippen molar-refractivity contribution in [3.63, 3.8) is 0 Å². The first-order valence-corrected chi connectivity index (χ1v) is 10.9. The first-order chi connectivity index (χ1) is 16.0. The molecule has 3 aromatic carbocycles. The Bertz CT molecular complexity index is 1170. The summed E-state index contributed by atoms with van der Waals surface area (Å²) < 4.78 is 11.0. The van der Waals surface area contributed by atoms with E-state index in [1.807, 2.05) is 42.5 Å². The molecule has 3 aromatic rings. The number of nitrogens with zero attached hydrogens (tertiary/aromatic N) is 1. The molecule has 2 amide bonds. The van der Waals surface area contributed by atoms with Gasteiger partial charge in [0.05, 0.1) is 12.8 Å². The molecular formula is C26H23ClN2O4. The molecule has 1 heterocycles. The standard InChI is InChI=1S/C26H23ClN2O4/c1-32-21-12-8-19(9-13-21)16-24-26(31)29(22-4-2-3-5-23(22)33-24)17-25(30)28-15-14-18-6-10-20(27)11-7-18/h2-13,16H,14-15,17H2,1H3,(H,28,30). The first-order valence-electron chi connectivity index (χ1n) is 10.5. The van der Waals surface area contributed by atoms with E-state index in [1.54, 1.807) is 43.5 Å². The van der Waals surface area contributed by atoms with E-state index in [2.05, 4.69) is 5.32 Å². The molecule has 0 bridgehead atoms. The number of anilines is 1. The number of halogens is 1. The molecule has 0 aliphatic carbocycles. The van der Waals surface area contributed by atoms with Gasteiger partial charge in [-0.3, -0.25) is 14.5 Å². The highest BCUT2D eigenvalue weighted by Gasteiger charge is 2.31. The van der Waals surface area contributed by atoms with Crippen molar-refractivity contribution in [3.05, 3.63) is 94.7 Å². The summed E-state index contributed by atoms with van der Waals surface area (Å²) in [5.41, 5.74) is 2.41. The Morgan fingerprint density at radius 3 is 2.52 bits per heavy atom. The predicted octanol–water partition coefficient (Wildman–Crippen LogP) is 4.47. The molecule has 7 heteroatoms. The molecule has 0 unspecified atom stereocenters. The minimum atomic E-state index is -0.377. The summed E-state index contributed by atoms with van der Waals surface area (Å²) in [6.45, 7) is 0.342. The molecule has 168 valence electrons. The number of carbonyl (C=O) groups excluding carboxylic acids is 2. The normalized spacial score (nSPS) is 13.9. The summed E-state index contributed by atoms with van der Waals surface area (Å²) >= 11 is 5.91. The van der Waals surface area contributed by atoms with Crippen molar-refractivity contribution >= 4 is 35.2 Å². The number of para-hydroxylation sites is 2. The van der Waals surface area contributed by atoms with Crippen LogP contribution in [0.1, 0.15) is 11.1 Å². The zero-order chi connectivity index (χ0) is 23.2. The molecule has 0 aromatic heterocycles. The lowest BCUT2D eigenvalue weighted by molar-refractivity contribution is -0.123. The molecule has 0 fully saturated rings. The summed E-state index contributed by atoms with van der Waals surface area (Å²) in [6, 6.07) is 21.9. The summed E-state index contributed by atoms with van der Waals surface area (Å²) in [7, 11) is 1.59. The lowest BCUT2D eigenvalue weighted by Crippen LogP contribution is -2.44. The molecular weight excluding hydrogens is 440 g/mol. The van der Waals surface area contributed by atoms with Crippen molar-refractivity contribution in [1.29, 1.82) is 0 Å². The maximum atomic E-state index is 13.2. The molecule has 33 heavy (non-hydrogen) atoms. The van der Waals surface area contributed by atoms with Gasteiger partial charge in [-0.1, -0.05) is 48.0 Å². The number of fused-ring (bicyclic) bond motifs is 1. The smallest absolute Gasteiger partial charge is 0.294 e. The third kappa shape index (κ3) is 5.54. The number of hydrogen-bond donors (Lipinski definition) is 1. The Morgan fingerprint density at radius 2 is 1.79 bits per heavy atom. The van der Waals surface area contributed by atoms with Crippen molar-refractivity contribution < 1.29 is 19.1 Å². The van der Waals surface area contributed by atoms with Crippen LogP contribution in [0.3, 0.4) is 0 Å². The minimum Gasteiger partial charge on any atom is -0.497 e. The highest BCUT2D eigenvalue weighted by atomic mass is 35.5.